The number of sulfonamides is 1. The minimum atomic E-state index is -3.79. The Balaban J connectivity index is 1.59. The lowest BCUT2D eigenvalue weighted by molar-refractivity contribution is -0.143. The Bertz CT molecular complexity index is 1030. The van der Waals surface area contributed by atoms with Gasteiger partial charge in [0.1, 0.15) is 13.2 Å². The molecule has 0 saturated heterocycles. The van der Waals surface area contributed by atoms with Gasteiger partial charge in [0, 0.05) is 0 Å². The molecule has 1 N–H and O–H groups in total. The summed E-state index contributed by atoms with van der Waals surface area (Å²) in [5.74, 6) is -0.630. The van der Waals surface area contributed by atoms with E-state index >= 15 is 0 Å². The summed E-state index contributed by atoms with van der Waals surface area (Å²) in [6.07, 6.45) is 0. The summed E-state index contributed by atoms with van der Waals surface area (Å²) >= 11 is 0. The lowest BCUT2D eigenvalue weighted by Gasteiger charge is -2.08. The lowest BCUT2D eigenvalue weighted by atomic mass is 10.1. The standard InChI is InChI=1S/C20H19NO4S/c1-15-6-8-16(9-7-15)14-25-20(22)13-21-26(23,24)19-11-10-17-4-2-3-5-18(17)12-19/h2-12,21H,13-14H2,1H3. The van der Waals surface area contributed by atoms with Crippen molar-refractivity contribution in [1.29, 1.82) is 0 Å². The average molecular weight is 369 g/mol. The minimum Gasteiger partial charge on any atom is -0.460 e. The quantitative estimate of drug-likeness (QED) is 0.678. The zero-order valence-corrected chi connectivity index (χ0v) is 15.1. The Morgan fingerprint density at radius 3 is 2.38 bits per heavy atom. The Morgan fingerprint density at radius 2 is 1.65 bits per heavy atom. The van der Waals surface area contributed by atoms with Crippen LogP contribution in [0.3, 0.4) is 0 Å². The maximum Gasteiger partial charge on any atom is 0.321 e. The second-order valence-electron chi connectivity index (χ2n) is 5.98. The van der Waals surface area contributed by atoms with Crippen molar-refractivity contribution < 1.29 is 17.9 Å². The maximum atomic E-state index is 12.4. The highest BCUT2D eigenvalue weighted by atomic mass is 32.2. The van der Waals surface area contributed by atoms with Crippen molar-refractivity contribution in [3.05, 3.63) is 77.9 Å². The summed E-state index contributed by atoms with van der Waals surface area (Å²) in [4.78, 5) is 11.9. The molecular formula is C20H19NO4S. The first kappa shape index (κ1) is 18.1. The van der Waals surface area contributed by atoms with E-state index in [1.54, 1.807) is 12.1 Å². The van der Waals surface area contributed by atoms with E-state index in [-0.39, 0.29) is 11.5 Å². The predicted octanol–water partition coefficient (Wildman–Crippen LogP) is 3.17. The molecule has 0 aliphatic carbocycles. The molecule has 0 aliphatic rings. The van der Waals surface area contributed by atoms with Crippen LogP contribution in [0.1, 0.15) is 11.1 Å². The molecule has 0 radical (unpaired) electrons. The van der Waals surface area contributed by atoms with Crippen molar-refractivity contribution in [2.24, 2.45) is 0 Å². The van der Waals surface area contributed by atoms with E-state index in [0.717, 1.165) is 21.9 Å². The van der Waals surface area contributed by atoms with Crippen LogP contribution in [-0.2, 0) is 26.2 Å². The van der Waals surface area contributed by atoms with Crippen LogP contribution in [0.4, 0.5) is 0 Å². The summed E-state index contributed by atoms with van der Waals surface area (Å²) in [6, 6.07) is 19.9. The van der Waals surface area contributed by atoms with Gasteiger partial charge in [0.15, 0.2) is 0 Å². The number of carbonyl (C=O) groups excluding carboxylic acids is 1. The number of fused-ring (bicyclic) bond motifs is 1. The molecule has 26 heavy (non-hydrogen) atoms. The summed E-state index contributed by atoms with van der Waals surface area (Å²) in [5.41, 5.74) is 1.96. The molecule has 0 aliphatic heterocycles. The van der Waals surface area contributed by atoms with Gasteiger partial charge in [-0.25, -0.2) is 8.42 Å². The SMILES string of the molecule is Cc1ccc(COC(=O)CNS(=O)(=O)c2ccc3ccccc3c2)cc1. The number of ether oxygens (including phenoxy) is 1. The second-order valence-corrected chi connectivity index (χ2v) is 7.75. The van der Waals surface area contributed by atoms with Crippen molar-refractivity contribution in [1.82, 2.24) is 4.72 Å². The number of carbonyl (C=O) groups is 1. The average Bonchev–Trinajstić information content (AvgIpc) is 2.65. The first-order chi connectivity index (χ1) is 12.4. The highest BCUT2D eigenvalue weighted by molar-refractivity contribution is 7.89. The van der Waals surface area contributed by atoms with Gasteiger partial charge in [-0.05, 0) is 35.4 Å². The normalized spacial score (nSPS) is 11.4. The fourth-order valence-electron chi connectivity index (χ4n) is 2.47. The Morgan fingerprint density at radius 1 is 0.962 bits per heavy atom. The van der Waals surface area contributed by atoms with E-state index in [9.17, 15) is 13.2 Å². The molecule has 0 spiro atoms. The summed E-state index contributed by atoms with van der Waals surface area (Å²) in [7, 11) is -3.79. The van der Waals surface area contributed by atoms with Crippen LogP contribution in [0.25, 0.3) is 10.8 Å². The van der Waals surface area contributed by atoms with Crippen molar-refractivity contribution in [3.63, 3.8) is 0 Å². The molecule has 0 fully saturated rings. The first-order valence-electron chi connectivity index (χ1n) is 8.14. The molecule has 0 atom stereocenters. The van der Waals surface area contributed by atoms with Gasteiger partial charge in [-0.15, -0.1) is 0 Å². The van der Waals surface area contributed by atoms with Gasteiger partial charge in [-0.3, -0.25) is 4.79 Å². The summed E-state index contributed by atoms with van der Waals surface area (Å²) < 4.78 is 32.1. The molecule has 0 unspecified atom stereocenters. The number of aryl methyl sites for hydroxylation is 1. The van der Waals surface area contributed by atoms with Gasteiger partial charge in [-0.2, -0.15) is 4.72 Å². The predicted molar refractivity (Wildman–Crippen MR) is 100 cm³/mol. The third kappa shape index (κ3) is 4.47. The molecule has 0 aromatic heterocycles. The molecule has 5 nitrogen and oxygen atoms in total. The van der Waals surface area contributed by atoms with E-state index in [0.29, 0.717) is 0 Å². The molecule has 134 valence electrons. The number of benzene rings is 3. The van der Waals surface area contributed by atoms with Crippen LogP contribution in [0.5, 0.6) is 0 Å². The van der Waals surface area contributed by atoms with Crippen molar-refractivity contribution in [3.8, 4) is 0 Å². The molecule has 3 aromatic rings. The van der Waals surface area contributed by atoms with Gasteiger partial charge in [-0.1, -0.05) is 60.2 Å². The maximum absolute atomic E-state index is 12.4. The van der Waals surface area contributed by atoms with Crippen LogP contribution < -0.4 is 4.72 Å². The molecule has 3 rings (SSSR count). The zero-order chi connectivity index (χ0) is 18.6. The van der Waals surface area contributed by atoms with Gasteiger partial charge < -0.3 is 4.74 Å². The van der Waals surface area contributed by atoms with Crippen LogP contribution >= 0.6 is 0 Å². The number of hydrogen-bond acceptors (Lipinski definition) is 4. The van der Waals surface area contributed by atoms with Crippen LogP contribution in [0, 0.1) is 6.92 Å². The monoisotopic (exact) mass is 369 g/mol. The van der Waals surface area contributed by atoms with Gasteiger partial charge >= 0.3 is 5.97 Å². The highest BCUT2D eigenvalue weighted by Crippen LogP contribution is 2.18. The zero-order valence-electron chi connectivity index (χ0n) is 14.3. The molecule has 3 aromatic carbocycles. The highest BCUT2D eigenvalue weighted by Gasteiger charge is 2.16. The molecule has 6 heteroatoms. The Labute approximate surface area is 152 Å². The Kier molecular flexibility index (Phi) is 5.35. The Hall–Kier alpha value is -2.70. The van der Waals surface area contributed by atoms with Crippen LogP contribution in [0.2, 0.25) is 0 Å². The van der Waals surface area contributed by atoms with Gasteiger partial charge in [0.25, 0.3) is 0 Å². The molecule has 0 heterocycles. The fourth-order valence-corrected chi connectivity index (χ4v) is 3.47. The van der Waals surface area contributed by atoms with E-state index in [1.807, 2.05) is 55.5 Å². The molecular weight excluding hydrogens is 350 g/mol. The van der Waals surface area contributed by atoms with Gasteiger partial charge in [0.2, 0.25) is 10.0 Å². The number of esters is 1. The first-order valence-corrected chi connectivity index (χ1v) is 9.62. The van der Waals surface area contributed by atoms with E-state index < -0.39 is 22.5 Å². The van der Waals surface area contributed by atoms with E-state index in [1.165, 1.54) is 6.07 Å². The van der Waals surface area contributed by atoms with Crippen LogP contribution in [0.15, 0.2) is 71.6 Å². The largest absolute Gasteiger partial charge is 0.460 e. The number of nitrogens with one attached hydrogen (secondary N) is 1. The van der Waals surface area contributed by atoms with Gasteiger partial charge in [0.05, 0.1) is 4.90 Å². The third-order valence-corrected chi connectivity index (χ3v) is 5.36. The number of hydrogen-bond donors (Lipinski definition) is 1. The van der Waals surface area contributed by atoms with Crippen molar-refractivity contribution in [2.45, 2.75) is 18.4 Å². The topological polar surface area (TPSA) is 72.5 Å². The summed E-state index contributed by atoms with van der Waals surface area (Å²) in [6.45, 7) is 1.66. The third-order valence-electron chi connectivity index (χ3n) is 3.96. The smallest absolute Gasteiger partial charge is 0.321 e. The van der Waals surface area contributed by atoms with E-state index in [4.69, 9.17) is 4.74 Å². The minimum absolute atomic E-state index is 0.108. The molecule has 0 saturated carbocycles. The number of rotatable bonds is 6. The fraction of sp³-hybridized carbons (Fsp3) is 0.150. The molecule has 0 amide bonds. The summed E-state index contributed by atoms with van der Waals surface area (Å²) in [5, 5.41) is 1.77. The van der Waals surface area contributed by atoms with Crippen molar-refractivity contribution >= 4 is 26.8 Å². The van der Waals surface area contributed by atoms with E-state index in [2.05, 4.69) is 4.72 Å². The lowest BCUT2D eigenvalue weighted by Crippen LogP contribution is -2.30. The van der Waals surface area contributed by atoms with Crippen molar-refractivity contribution in [2.75, 3.05) is 6.54 Å². The van der Waals surface area contributed by atoms with Crippen LogP contribution in [-0.4, -0.2) is 20.9 Å². The second kappa shape index (κ2) is 7.68. The molecule has 0 bridgehead atoms.